The SMILES string of the molecule is O=CN[C@@H]1CN(Cc2ccccc2)C[C@@H]1c1ccccc1. The smallest absolute Gasteiger partial charge is 0.207 e. The molecule has 21 heavy (non-hydrogen) atoms. The van der Waals surface area contributed by atoms with Crippen LogP contribution in [0.2, 0.25) is 0 Å². The van der Waals surface area contributed by atoms with E-state index in [0.29, 0.717) is 5.92 Å². The third-order valence-electron chi connectivity index (χ3n) is 4.15. The van der Waals surface area contributed by atoms with Crippen molar-refractivity contribution in [3.8, 4) is 0 Å². The van der Waals surface area contributed by atoms with Crippen LogP contribution in [-0.4, -0.2) is 30.4 Å². The Kier molecular flexibility index (Phi) is 4.31. The van der Waals surface area contributed by atoms with Gasteiger partial charge in [-0.05, 0) is 11.1 Å². The Morgan fingerprint density at radius 2 is 1.67 bits per heavy atom. The van der Waals surface area contributed by atoms with E-state index in [1.54, 1.807) is 0 Å². The number of hydrogen-bond acceptors (Lipinski definition) is 2. The summed E-state index contributed by atoms with van der Waals surface area (Å²) < 4.78 is 0. The number of likely N-dealkylation sites (tertiary alicyclic amines) is 1. The van der Waals surface area contributed by atoms with Crippen LogP contribution in [0.25, 0.3) is 0 Å². The number of amides is 1. The average Bonchev–Trinajstić information content (AvgIpc) is 2.92. The highest BCUT2D eigenvalue weighted by Crippen LogP contribution is 2.28. The van der Waals surface area contributed by atoms with Crippen molar-refractivity contribution in [1.82, 2.24) is 10.2 Å². The summed E-state index contributed by atoms with van der Waals surface area (Å²) in [5, 5.41) is 2.99. The highest BCUT2D eigenvalue weighted by Gasteiger charge is 2.33. The maximum Gasteiger partial charge on any atom is 0.207 e. The zero-order chi connectivity index (χ0) is 14.5. The molecule has 1 aliphatic rings. The molecule has 1 aliphatic heterocycles. The van der Waals surface area contributed by atoms with Gasteiger partial charge >= 0.3 is 0 Å². The summed E-state index contributed by atoms with van der Waals surface area (Å²) in [5.41, 5.74) is 2.61. The van der Waals surface area contributed by atoms with Crippen LogP contribution in [0, 0.1) is 0 Å². The molecule has 3 heteroatoms. The van der Waals surface area contributed by atoms with E-state index in [0.717, 1.165) is 26.0 Å². The molecule has 0 radical (unpaired) electrons. The molecule has 1 heterocycles. The fraction of sp³-hybridized carbons (Fsp3) is 0.278. The highest BCUT2D eigenvalue weighted by molar-refractivity contribution is 5.47. The van der Waals surface area contributed by atoms with Crippen molar-refractivity contribution in [2.45, 2.75) is 18.5 Å². The third-order valence-corrected chi connectivity index (χ3v) is 4.15. The lowest BCUT2D eigenvalue weighted by molar-refractivity contribution is -0.110. The molecule has 1 fully saturated rings. The van der Waals surface area contributed by atoms with Crippen LogP contribution in [0.1, 0.15) is 17.0 Å². The van der Waals surface area contributed by atoms with E-state index in [-0.39, 0.29) is 6.04 Å². The first-order valence-electron chi connectivity index (χ1n) is 7.38. The van der Waals surface area contributed by atoms with Crippen LogP contribution in [0.5, 0.6) is 0 Å². The predicted molar refractivity (Wildman–Crippen MR) is 83.9 cm³/mol. The predicted octanol–water partition coefficient (Wildman–Crippen LogP) is 2.40. The summed E-state index contributed by atoms with van der Waals surface area (Å²) in [6.45, 7) is 2.80. The number of nitrogens with one attached hydrogen (secondary N) is 1. The fourth-order valence-corrected chi connectivity index (χ4v) is 3.15. The van der Waals surface area contributed by atoms with Gasteiger partial charge in [-0.3, -0.25) is 9.69 Å². The van der Waals surface area contributed by atoms with E-state index in [9.17, 15) is 4.79 Å². The summed E-state index contributed by atoms with van der Waals surface area (Å²) >= 11 is 0. The minimum Gasteiger partial charge on any atom is -0.354 e. The second-order valence-corrected chi connectivity index (χ2v) is 5.59. The minimum atomic E-state index is 0.189. The van der Waals surface area contributed by atoms with Gasteiger partial charge in [0.25, 0.3) is 0 Å². The van der Waals surface area contributed by atoms with E-state index in [4.69, 9.17) is 0 Å². The van der Waals surface area contributed by atoms with Crippen molar-refractivity contribution in [3.63, 3.8) is 0 Å². The van der Waals surface area contributed by atoms with Gasteiger partial charge in [0.15, 0.2) is 0 Å². The first-order chi connectivity index (χ1) is 10.4. The molecule has 0 aromatic heterocycles. The van der Waals surface area contributed by atoms with Gasteiger partial charge in [-0.25, -0.2) is 0 Å². The van der Waals surface area contributed by atoms with Crippen LogP contribution in [0.4, 0.5) is 0 Å². The summed E-state index contributed by atoms with van der Waals surface area (Å²) in [6.07, 6.45) is 0.826. The Balaban J connectivity index is 1.73. The van der Waals surface area contributed by atoms with Crippen molar-refractivity contribution in [1.29, 1.82) is 0 Å². The van der Waals surface area contributed by atoms with Crippen molar-refractivity contribution in [3.05, 3.63) is 71.8 Å². The molecule has 3 nitrogen and oxygen atoms in total. The van der Waals surface area contributed by atoms with Crippen LogP contribution in [0.15, 0.2) is 60.7 Å². The second kappa shape index (κ2) is 6.55. The average molecular weight is 280 g/mol. The molecule has 0 saturated carbocycles. The first kappa shape index (κ1) is 13.8. The molecule has 0 spiro atoms. The maximum atomic E-state index is 10.9. The minimum absolute atomic E-state index is 0.189. The monoisotopic (exact) mass is 280 g/mol. The molecule has 0 unspecified atom stereocenters. The molecule has 0 bridgehead atoms. The summed E-state index contributed by atoms with van der Waals surface area (Å²) in [7, 11) is 0. The number of nitrogens with zero attached hydrogens (tertiary/aromatic N) is 1. The van der Waals surface area contributed by atoms with E-state index in [1.807, 2.05) is 12.1 Å². The van der Waals surface area contributed by atoms with Gasteiger partial charge < -0.3 is 5.32 Å². The fourth-order valence-electron chi connectivity index (χ4n) is 3.15. The van der Waals surface area contributed by atoms with Crippen LogP contribution in [0.3, 0.4) is 0 Å². The van der Waals surface area contributed by atoms with E-state index in [1.165, 1.54) is 11.1 Å². The molecule has 1 saturated heterocycles. The van der Waals surface area contributed by atoms with Gasteiger partial charge in [0.2, 0.25) is 6.41 Å². The summed E-state index contributed by atoms with van der Waals surface area (Å²) in [6, 6.07) is 21.1. The van der Waals surface area contributed by atoms with Crippen LogP contribution < -0.4 is 5.32 Å². The number of rotatable bonds is 5. The van der Waals surface area contributed by atoms with Crippen molar-refractivity contribution < 1.29 is 4.79 Å². The lowest BCUT2D eigenvalue weighted by Gasteiger charge is -2.17. The third kappa shape index (κ3) is 3.31. The highest BCUT2D eigenvalue weighted by atomic mass is 16.1. The zero-order valence-electron chi connectivity index (χ0n) is 12.0. The standard InChI is InChI=1S/C18H20N2O/c21-14-19-18-13-20(11-15-7-3-1-4-8-15)12-17(18)16-9-5-2-6-10-16/h1-10,14,17-18H,11-13H2,(H,19,21)/t17-,18-/m1/s1. The topological polar surface area (TPSA) is 32.3 Å². The van der Waals surface area contributed by atoms with E-state index in [2.05, 4.69) is 58.7 Å². The molecule has 108 valence electrons. The lowest BCUT2D eigenvalue weighted by Crippen LogP contribution is -2.34. The number of benzene rings is 2. The molecule has 0 aliphatic carbocycles. The van der Waals surface area contributed by atoms with E-state index < -0.39 is 0 Å². The van der Waals surface area contributed by atoms with Gasteiger partial charge in [-0.2, -0.15) is 0 Å². The first-order valence-corrected chi connectivity index (χ1v) is 7.38. The molecule has 1 amide bonds. The molecule has 3 rings (SSSR count). The summed E-state index contributed by atoms with van der Waals surface area (Å²) in [5.74, 6) is 0.361. The largest absolute Gasteiger partial charge is 0.354 e. The Bertz CT molecular complexity index is 570. The zero-order valence-corrected chi connectivity index (χ0v) is 12.0. The Morgan fingerprint density at radius 1 is 1.00 bits per heavy atom. The Morgan fingerprint density at radius 3 is 2.33 bits per heavy atom. The number of hydrogen-bond donors (Lipinski definition) is 1. The molecular formula is C18H20N2O. The quantitative estimate of drug-likeness (QED) is 0.853. The van der Waals surface area contributed by atoms with Crippen LogP contribution in [-0.2, 0) is 11.3 Å². The van der Waals surface area contributed by atoms with Crippen molar-refractivity contribution in [2.24, 2.45) is 0 Å². The van der Waals surface area contributed by atoms with Crippen LogP contribution >= 0.6 is 0 Å². The Labute approximate surface area is 125 Å². The molecule has 2 atom stereocenters. The van der Waals surface area contributed by atoms with Gasteiger partial charge in [0.1, 0.15) is 0 Å². The van der Waals surface area contributed by atoms with Gasteiger partial charge in [0, 0.05) is 31.6 Å². The molecule has 2 aromatic rings. The normalized spacial score (nSPS) is 22.1. The molecule has 2 aromatic carbocycles. The van der Waals surface area contributed by atoms with Gasteiger partial charge in [-0.15, -0.1) is 0 Å². The van der Waals surface area contributed by atoms with E-state index >= 15 is 0 Å². The second-order valence-electron chi connectivity index (χ2n) is 5.59. The van der Waals surface area contributed by atoms with Gasteiger partial charge in [0.05, 0.1) is 0 Å². The van der Waals surface area contributed by atoms with Crippen molar-refractivity contribution in [2.75, 3.05) is 13.1 Å². The molecular weight excluding hydrogens is 260 g/mol. The maximum absolute atomic E-state index is 10.9. The number of carbonyl (C=O) groups is 1. The lowest BCUT2D eigenvalue weighted by atomic mass is 9.94. The number of carbonyl (C=O) groups excluding carboxylic acids is 1. The van der Waals surface area contributed by atoms with Crippen molar-refractivity contribution >= 4 is 6.41 Å². The van der Waals surface area contributed by atoms with Gasteiger partial charge in [-0.1, -0.05) is 60.7 Å². The summed E-state index contributed by atoms with van der Waals surface area (Å²) in [4.78, 5) is 13.3. The Hall–Kier alpha value is -2.13. The molecule has 1 N–H and O–H groups in total.